The third-order valence-electron chi connectivity index (χ3n) is 16.3. The van der Waals surface area contributed by atoms with Gasteiger partial charge >= 0.3 is 5.97 Å². The zero-order valence-electron chi connectivity index (χ0n) is 39.9. The van der Waals surface area contributed by atoms with Crippen LogP contribution in [0.2, 0.25) is 0 Å². The Morgan fingerprint density at radius 1 is 0.690 bits per heavy atom. The van der Waals surface area contributed by atoms with Crippen LogP contribution in [0.1, 0.15) is 260 Å². The van der Waals surface area contributed by atoms with Crippen LogP contribution in [0, 0.1) is 46.3 Å². The van der Waals surface area contributed by atoms with Crippen molar-refractivity contribution in [3.05, 3.63) is 11.6 Å². The van der Waals surface area contributed by atoms with Crippen molar-refractivity contribution in [1.82, 2.24) is 0 Å². The van der Waals surface area contributed by atoms with Crippen molar-refractivity contribution in [2.24, 2.45) is 46.3 Å². The van der Waals surface area contributed by atoms with Gasteiger partial charge in [0.05, 0.1) is 18.8 Å². The third kappa shape index (κ3) is 17.5. The molecule has 0 aromatic heterocycles. The largest absolute Gasteiger partial charge is 0.466 e. The lowest BCUT2D eigenvalue weighted by Gasteiger charge is -2.58. The second-order valence-electron chi connectivity index (χ2n) is 21.4. The van der Waals surface area contributed by atoms with E-state index in [1.165, 1.54) is 148 Å². The molecule has 9 atom stereocenters. The van der Waals surface area contributed by atoms with Crippen molar-refractivity contribution in [2.45, 2.75) is 273 Å². The van der Waals surface area contributed by atoms with Gasteiger partial charge in [0.15, 0.2) is 0 Å². The van der Waals surface area contributed by atoms with Crippen molar-refractivity contribution in [1.29, 1.82) is 0 Å². The van der Waals surface area contributed by atoms with Crippen molar-refractivity contribution < 1.29 is 19.7 Å². The van der Waals surface area contributed by atoms with E-state index in [2.05, 4.69) is 54.5 Å². The molecule has 0 amide bonds. The smallest absolute Gasteiger partial charge is 0.305 e. The first kappa shape index (κ1) is 51.5. The molecule has 4 aliphatic rings. The zero-order valence-corrected chi connectivity index (χ0v) is 39.9. The summed E-state index contributed by atoms with van der Waals surface area (Å²) in [7, 11) is 0. The highest BCUT2D eigenvalue weighted by Gasteiger charge is 2.59. The average Bonchev–Trinajstić information content (AvgIpc) is 3.56. The van der Waals surface area contributed by atoms with Crippen molar-refractivity contribution in [3.8, 4) is 0 Å². The molecule has 3 saturated carbocycles. The highest BCUT2D eigenvalue weighted by atomic mass is 16.5. The highest BCUT2D eigenvalue weighted by molar-refractivity contribution is 5.69. The number of allylic oxidation sites excluding steroid dienone is 1. The Bertz CT molecular complexity index is 1100. The summed E-state index contributed by atoms with van der Waals surface area (Å²) in [4.78, 5) is 11.8. The lowest BCUT2D eigenvalue weighted by atomic mass is 9.47. The maximum Gasteiger partial charge on any atom is 0.305 e. The van der Waals surface area contributed by atoms with E-state index < -0.39 is 0 Å². The molecule has 4 nitrogen and oxygen atoms in total. The van der Waals surface area contributed by atoms with E-state index in [9.17, 15) is 15.0 Å². The van der Waals surface area contributed by atoms with Crippen LogP contribution in [0.15, 0.2) is 11.6 Å². The van der Waals surface area contributed by atoms with Gasteiger partial charge in [-0.25, -0.2) is 0 Å². The zero-order chi connectivity index (χ0) is 42.2. The minimum Gasteiger partial charge on any atom is -0.466 e. The van der Waals surface area contributed by atoms with Gasteiger partial charge < -0.3 is 14.9 Å². The number of aliphatic hydroxyl groups excluding tert-OH is 2. The van der Waals surface area contributed by atoms with E-state index >= 15 is 0 Å². The maximum atomic E-state index is 11.8. The van der Waals surface area contributed by atoms with E-state index in [1.807, 2.05) is 0 Å². The van der Waals surface area contributed by atoms with Crippen LogP contribution >= 0.6 is 0 Å². The Morgan fingerprint density at radius 2 is 1.29 bits per heavy atom. The number of carbonyl (C=O) groups is 1. The fourth-order valence-electron chi connectivity index (χ4n) is 12.6. The van der Waals surface area contributed by atoms with Crippen LogP contribution in [0.3, 0.4) is 0 Å². The normalized spacial score (nSPS) is 28.8. The Labute approximate surface area is 361 Å². The number of esters is 1. The molecule has 3 fully saturated rings. The Balaban J connectivity index is 0.000000310. The van der Waals surface area contributed by atoms with Gasteiger partial charge in [-0.05, 0) is 123 Å². The molecule has 0 aliphatic heterocycles. The van der Waals surface area contributed by atoms with Gasteiger partial charge in [0.25, 0.3) is 0 Å². The van der Waals surface area contributed by atoms with E-state index in [1.54, 1.807) is 5.57 Å². The summed E-state index contributed by atoms with van der Waals surface area (Å²) in [5.74, 6) is 5.45. The van der Waals surface area contributed by atoms with Gasteiger partial charge in [0.2, 0.25) is 0 Å². The second-order valence-corrected chi connectivity index (χ2v) is 21.4. The minimum atomic E-state index is -0.0787. The molecule has 0 saturated heterocycles. The van der Waals surface area contributed by atoms with Crippen LogP contribution in [0.4, 0.5) is 0 Å². The van der Waals surface area contributed by atoms with Crippen molar-refractivity contribution >= 4 is 5.97 Å². The first-order valence-electron chi connectivity index (χ1n) is 26.2. The van der Waals surface area contributed by atoms with Crippen molar-refractivity contribution in [3.63, 3.8) is 0 Å². The Morgan fingerprint density at radius 3 is 1.95 bits per heavy atom. The number of rotatable bonds is 29. The van der Waals surface area contributed by atoms with Gasteiger partial charge in [-0.2, -0.15) is 0 Å². The van der Waals surface area contributed by atoms with Gasteiger partial charge in [-0.3, -0.25) is 4.79 Å². The molecule has 4 aliphatic carbocycles. The predicted molar refractivity (Wildman–Crippen MR) is 249 cm³/mol. The average molecular weight is 813 g/mol. The molecule has 2 N–H and O–H groups in total. The fraction of sp³-hybridized carbons (Fsp3) is 0.944. The number of unbranched alkanes of at least 4 members (excludes halogenated alkanes) is 16. The standard InChI is InChI=1S/C27H54O3.C27H46O/c1-3-5-7-8-9-12-15-18-21-25-30-27(29)24-20-17-14-11-10-13-16-19-23-26(28)22-6-4-2;1-18(2)7-6-8-19(3)23-11-12-24-22-10-9-20-17-21(28)13-15-26(20,4)25(22)14-16-27(23,24)5/h26,28H,3-25H2,1-2H3;9,18-19,21-25,28H,6-8,10-17H2,1-5H3/t;19?,21-,22-,23+,24-,25-,26-,27+/m.0/s1. The second kappa shape index (κ2) is 28.7. The SMILES string of the molecule is CC(C)CCCC(C)[C@H]1CC[C@H]2[C@@H]3CC=C4C[C@@H](O)CC[C@]4(C)[C@H]3CC[C@]12C.CCCCCCCCCCCOC(=O)CCCCCCCCCCC(O)CCCC. The van der Waals surface area contributed by atoms with Gasteiger partial charge in [0, 0.05) is 6.42 Å². The minimum absolute atomic E-state index is 0.00352. The molecule has 0 aromatic carbocycles. The van der Waals surface area contributed by atoms with E-state index in [0.717, 1.165) is 93.3 Å². The number of fused-ring (bicyclic) bond motifs is 5. The van der Waals surface area contributed by atoms with Crippen LogP contribution < -0.4 is 0 Å². The number of aliphatic hydroxyl groups is 2. The topological polar surface area (TPSA) is 66.8 Å². The number of hydrogen-bond donors (Lipinski definition) is 2. The lowest BCUT2D eigenvalue weighted by molar-refractivity contribution is -0.143. The monoisotopic (exact) mass is 813 g/mol. The first-order chi connectivity index (χ1) is 28.0. The molecule has 0 radical (unpaired) electrons. The molecule has 58 heavy (non-hydrogen) atoms. The quantitative estimate of drug-likeness (QED) is 0.0448. The van der Waals surface area contributed by atoms with Crippen LogP contribution in [0.25, 0.3) is 0 Å². The molecule has 4 rings (SSSR count). The lowest BCUT2D eigenvalue weighted by Crippen LogP contribution is -2.50. The van der Waals surface area contributed by atoms with Gasteiger partial charge in [-0.15, -0.1) is 0 Å². The molecule has 0 heterocycles. The molecule has 2 unspecified atom stereocenters. The molecule has 4 heteroatoms. The summed E-state index contributed by atoms with van der Waals surface area (Å²) in [6, 6.07) is 0. The van der Waals surface area contributed by atoms with E-state index in [4.69, 9.17) is 4.74 Å². The predicted octanol–water partition coefficient (Wildman–Crippen LogP) is 15.9. The van der Waals surface area contributed by atoms with E-state index in [0.29, 0.717) is 23.9 Å². The molecular formula is C54H100O4. The maximum absolute atomic E-state index is 11.8. The summed E-state index contributed by atoms with van der Waals surface area (Å²) in [6.07, 6.45) is 43.2. The number of hydrogen-bond acceptors (Lipinski definition) is 4. The summed E-state index contributed by atoms with van der Waals surface area (Å²) in [6.45, 7) is 17.6. The van der Waals surface area contributed by atoms with Gasteiger partial charge in [0.1, 0.15) is 0 Å². The summed E-state index contributed by atoms with van der Waals surface area (Å²) in [5.41, 5.74) is 2.60. The number of ether oxygens (including phenoxy) is 1. The Kier molecular flexibility index (Phi) is 25.5. The fourth-order valence-corrected chi connectivity index (χ4v) is 12.6. The third-order valence-corrected chi connectivity index (χ3v) is 16.3. The Hall–Kier alpha value is -0.870. The molecule has 340 valence electrons. The molecular weight excluding hydrogens is 713 g/mol. The van der Waals surface area contributed by atoms with Gasteiger partial charge in [-0.1, -0.05) is 189 Å². The highest BCUT2D eigenvalue weighted by Crippen LogP contribution is 2.67. The summed E-state index contributed by atoms with van der Waals surface area (Å²) in [5, 5.41) is 20.0. The van der Waals surface area contributed by atoms with Crippen LogP contribution in [0.5, 0.6) is 0 Å². The number of carbonyl (C=O) groups excluding carboxylic acids is 1. The first-order valence-corrected chi connectivity index (χ1v) is 26.2. The molecule has 0 spiro atoms. The summed E-state index contributed by atoms with van der Waals surface area (Å²) < 4.78 is 5.36. The van der Waals surface area contributed by atoms with Crippen LogP contribution in [-0.4, -0.2) is 35.0 Å². The van der Waals surface area contributed by atoms with Crippen LogP contribution in [-0.2, 0) is 9.53 Å². The van der Waals surface area contributed by atoms with Crippen molar-refractivity contribution in [2.75, 3.05) is 6.61 Å². The molecule has 0 bridgehead atoms. The molecule has 0 aromatic rings. The summed E-state index contributed by atoms with van der Waals surface area (Å²) >= 11 is 0. The van der Waals surface area contributed by atoms with E-state index in [-0.39, 0.29) is 18.2 Å².